The molecule has 0 atom stereocenters. The Balaban J connectivity index is 2.66. The zero-order valence-corrected chi connectivity index (χ0v) is 9.66. The standard InChI is InChI=1S/C13H23N/c1-11(2)9-13(10-12(3)4)7-5-6-8-14-13/h14H,1,3,5-10H2,2,4H3. The van der Waals surface area contributed by atoms with Gasteiger partial charge in [0.2, 0.25) is 0 Å². The first-order valence-corrected chi connectivity index (χ1v) is 5.58. The van der Waals surface area contributed by atoms with Gasteiger partial charge in [-0.2, -0.15) is 0 Å². The summed E-state index contributed by atoms with van der Waals surface area (Å²) in [6.45, 7) is 13.5. The van der Waals surface area contributed by atoms with E-state index in [-0.39, 0.29) is 5.54 Å². The molecule has 0 aromatic rings. The van der Waals surface area contributed by atoms with Crippen molar-refractivity contribution in [2.45, 2.75) is 51.5 Å². The van der Waals surface area contributed by atoms with Crippen molar-refractivity contribution in [3.8, 4) is 0 Å². The van der Waals surface area contributed by atoms with Crippen molar-refractivity contribution >= 4 is 0 Å². The number of rotatable bonds is 4. The molecule has 0 unspecified atom stereocenters. The summed E-state index contributed by atoms with van der Waals surface area (Å²) in [4.78, 5) is 0. The molecule has 0 aliphatic carbocycles. The van der Waals surface area contributed by atoms with Crippen molar-refractivity contribution in [2.75, 3.05) is 6.54 Å². The van der Waals surface area contributed by atoms with Gasteiger partial charge in [0.05, 0.1) is 0 Å². The lowest BCUT2D eigenvalue weighted by atomic mass is 9.79. The van der Waals surface area contributed by atoms with E-state index in [0.717, 1.165) is 19.4 Å². The summed E-state index contributed by atoms with van der Waals surface area (Å²) < 4.78 is 0. The van der Waals surface area contributed by atoms with E-state index in [0.29, 0.717) is 0 Å². The minimum absolute atomic E-state index is 0.274. The van der Waals surface area contributed by atoms with Crippen LogP contribution in [0.5, 0.6) is 0 Å². The molecular formula is C13H23N. The van der Waals surface area contributed by atoms with E-state index < -0.39 is 0 Å². The predicted molar refractivity (Wildman–Crippen MR) is 63.4 cm³/mol. The Morgan fingerprint density at radius 2 is 1.71 bits per heavy atom. The van der Waals surface area contributed by atoms with Crippen molar-refractivity contribution in [1.82, 2.24) is 5.32 Å². The Morgan fingerprint density at radius 3 is 2.07 bits per heavy atom. The van der Waals surface area contributed by atoms with Crippen molar-refractivity contribution in [2.24, 2.45) is 0 Å². The van der Waals surface area contributed by atoms with Crippen molar-refractivity contribution in [3.63, 3.8) is 0 Å². The second kappa shape index (κ2) is 4.79. The van der Waals surface area contributed by atoms with E-state index in [9.17, 15) is 0 Å². The lowest BCUT2D eigenvalue weighted by Crippen LogP contribution is -2.48. The molecule has 0 aromatic carbocycles. The molecule has 80 valence electrons. The summed E-state index contributed by atoms with van der Waals surface area (Å²) in [7, 11) is 0. The number of piperidine rings is 1. The van der Waals surface area contributed by atoms with Crippen molar-refractivity contribution in [1.29, 1.82) is 0 Å². The molecule has 1 aliphatic heterocycles. The molecule has 0 saturated carbocycles. The zero-order chi connectivity index (χ0) is 10.6. The van der Waals surface area contributed by atoms with Crippen molar-refractivity contribution in [3.05, 3.63) is 24.3 Å². The quantitative estimate of drug-likeness (QED) is 0.674. The molecule has 1 nitrogen and oxygen atoms in total. The fraction of sp³-hybridized carbons (Fsp3) is 0.692. The first-order chi connectivity index (χ1) is 6.54. The van der Waals surface area contributed by atoms with Crippen LogP contribution in [-0.4, -0.2) is 12.1 Å². The topological polar surface area (TPSA) is 12.0 Å². The van der Waals surface area contributed by atoms with Gasteiger partial charge in [-0.25, -0.2) is 0 Å². The van der Waals surface area contributed by atoms with Crippen LogP contribution >= 0.6 is 0 Å². The highest BCUT2D eigenvalue weighted by Gasteiger charge is 2.31. The van der Waals surface area contributed by atoms with Gasteiger partial charge in [0.25, 0.3) is 0 Å². The van der Waals surface area contributed by atoms with E-state index in [1.807, 2.05) is 0 Å². The molecule has 1 heteroatoms. The van der Waals surface area contributed by atoms with Crippen LogP contribution in [0.4, 0.5) is 0 Å². The highest BCUT2D eigenvalue weighted by Crippen LogP contribution is 2.31. The van der Waals surface area contributed by atoms with Crippen LogP contribution < -0.4 is 5.32 Å². The van der Waals surface area contributed by atoms with E-state index in [1.165, 1.54) is 30.4 Å². The Labute approximate surface area is 88.3 Å². The minimum Gasteiger partial charge on any atom is -0.311 e. The van der Waals surface area contributed by atoms with Gasteiger partial charge in [-0.15, -0.1) is 13.2 Å². The third kappa shape index (κ3) is 3.30. The summed E-state index contributed by atoms with van der Waals surface area (Å²) in [5, 5.41) is 3.67. The third-order valence-corrected chi connectivity index (χ3v) is 2.86. The van der Waals surface area contributed by atoms with Gasteiger partial charge in [-0.3, -0.25) is 0 Å². The molecule has 1 saturated heterocycles. The fourth-order valence-electron chi connectivity index (χ4n) is 2.55. The largest absolute Gasteiger partial charge is 0.311 e. The monoisotopic (exact) mass is 193 g/mol. The Bertz CT molecular complexity index is 203. The van der Waals surface area contributed by atoms with Gasteiger partial charge < -0.3 is 5.32 Å². The first kappa shape index (κ1) is 11.5. The Kier molecular flexibility index (Phi) is 3.94. The van der Waals surface area contributed by atoms with Crippen LogP contribution in [0.2, 0.25) is 0 Å². The second-order valence-electron chi connectivity index (χ2n) is 4.93. The van der Waals surface area contributed by atoms with Crippen LogP contribution in [-0.2, 0) is 0 Å². The molecule has 0 aromatic heterocycles. The van der Waals surface area contributed by atoms with E-state index in [1.54, 1.807) is 0 Å². The summed E-state index contributed by atoms with van der Waals surface area (Å²) >= 11 is 0. The Hall–Kier alpha value is -0.560. The van der Waals surface area contributed by atoms with Gasteiger partial charge in [-0.05, 0) is 46.1 Å². The van der Waals surface area contributed by atoms with Crippen LogP contribution in [0.25, 0.3) is 0 Å². The Morgan fingerprint density at radius 1 is 1.14 bits per heavy atom. The molecular weight excluding hydrogens is 170 g/mol. The molecule has 1 N–H and O–H groups in total. The molecule has 0 amide bonds. The maximum atomic E-state index is 4.03. The first-order valence-electron chi connectivity index (χ1n) is 5.58. The molecule has 0 spiro atoms. The van der Waals surface area contributed by atoms with Crippen LogP contribution in [0.3, 0.4) is 0 Å². The number of hydrogen-bond acceptors (Lipinski definition) is 1. The molecule has 1 heterocycles. The smallest absolute Gasteiger partial charge is 0.0255 e. The maximum absolute atomic E-state index is 4.03. The normalized spacial score (nSPS) is 20.4. The fourth-order valence-corrected chi connectivity index (χ4v) is 2.55. The molecule has 1 aliphatic rings. The van der Waals surface area contributed by atoms with Crippen LogP contribution in [0.1, 0.15) is 46.0 Å². The lowest BCUT2D eigenvalue weighted by molar-refractivity contribution is 0.249. The molecule has 14 heavy (non-hydrogen) atoms. The van der Waals surface area contributed by atoms with Crippen LogP contribution in [0, 0.1) is 0 Å². The van der Waals surface area contributed by atoms with Gasteiger partial charge in [0.1, 0.15) is 0 Å². The van der Waals surface area contributed by atoms with Gasteiger partial charge in [-0.1, -0.05) is 17.6 Å². The molecule has 1 rings (SSSR count). The molecule has 1 fully saturated rings. The average Bonchev–Trinajstić information content (AvgIpc) is 2.01. The van der Waals surface area contributed by atoms with Gasteiger partial charge >= 0.3 is 0 Å². The van der Waals surface area contributed by atoms with Gasteiger partial charge in [0.15, 0.2) is 0 Å². The maximum Gasteiger partial charge on any atom is 0.0255 e. The number of hydrogen-bond donors (Lipinski definition) is 1. The predicted octanol–water partition coefficient (Wildman–Crippen LogP) is 3.43. The SMILES string of the molecule is C=C(C)CC1(CC(=C)C)CCCCN1. The lowest BCUT2D eigenvalue weighted by Gasteiger charge is -2.39. The van der Waals surface area contributed by atoms with E-state index in [4.69, 9.17) is 0 Å². The van der Waals surface area contributed by atoms with E-state index in [2.05, 4.69) is 32.3 Å². The van der Waals surface area contributed by atoms with Crippen LogP contribution in [0.15, 0.2) is 24.3 Å². The zero-order valence-electron chi connectivity index (χ0n) is 9.66. The number of nitrogens with one attached hydrogen (secondary N) is 1. The van der Waals surface area contributed by atoms with Crippen molar-refractivity contribution < 1.29 is 0 Å². The third-order valence-electron chi connectivity index (χ3n) is 2.86. The molecule has 0 radical (unpaired) electrons. The molecule has 0 bridgehead atoms. The van der Waals surface area contributed by atoms with E-state index >= 15 is 0 Å². The summed E-state index contributed by atoms with van der Waals surface area (Å²) in [5.74, 6) is 0. The summed E-state index contributed by atoms with van der Waals surface area (Å²) in [5.41, 5.74) is 2.83. The van der Waals surface area contributed by atoms with Gasteiger partial charge in [0, 0.05) is 5.54 Å². The average molecular weight is 193 g/mol. The minimum atomic E-state index is 0.274. The highest BCUT2D eigenvalue weighted by atomic mass is 15.0. The summed E-state index contributed by atoms with van der Waals surface area (Å²) in [6.07, 6.45) is 6.12. The highest BCUT2D eigenvalue weighted by molar-refractivity contribution is 5.09. The second-order valence-corrected chi connectivity index (χ2v) is 4.93. The summed E-state index contributed by atoms with van der Waals surface area (Å²) in [6, 6.07) is 0.